The topological polar surface area (TPSA) is 77.0 Å². The molecule has 0 unspecified atom stereocenters. The minimum absolute atomic E-state index is 0.0310. The minimum atomic E-state index is -4.44. The number of carbonyl (C=O) groups excluding carboxylic acids is 1. The maximum absolute atomic E-state index is 13.5. The summed E-state index contributed by atoms with van der Waals surface area (Å²) in [5.41, 5.74) is -0.705. The first-order chi connectivity index (χ1) is 16.9. The first-order valence-electron chi connectivity index (χ1n) is 11.7. The molecular formula is C25H28ClF3N4O3. The number of likely N-dealkylation sites (tertiary alicyclic amines) is 1. The quantitative estimate of drug-likeness (QED) is 0.611. The molecule has 1 aromatic carbocycles. The molecule has 36 heavy (non-hydrogen) atoms. The van der Waals surface area contributed by atoms with Gasteiger partial charge < -0.3 is 19.8 Å². The highest BCUT2D eigenvalue weighted by molar-refractivity contribution is 6.30. The van der Waals surface area contributed by atoms with Gasteiger partial charge in [-0.1, -0.05) is 23.7 Å². The molecular weight excluding hydrogens is 497 g/mol. The molecule has 11 heteroatoms. The summed E-state index contributed by atoms with van der Waals surface area (Å²) < 4.78 is 38.4. The third-order valence-corrected chi connectivity index (χ3v) is 7.80. The fourth-order valence-corrected chi connectivity index (χ4v) is 5.34. The van der Waals surface area contributed by atoms with Gasteiger partial charge in [0.1, 0.15) is 5.82 Å². The van der Waals surface area contributed by atoms with Crippen LogP contribution in [0.2, 0.25) is 5.02 Å². The third-order valence-electron chi connectivity index (χ3n) is 7.55. The lowest BCUT2D eigenvalue weighted by atomic mass is 9.82. The summed E-state index contributed by atoms with van der Waals surface area (Å²) in [6, 6.07) is 9.62. The Morgan fingerprint density at radius 1 is 1.14 bits per heavy atom. The highest BCUT2D eigenvalue weighted by Gasteiger charge is 2.50. The monoisotopic (exact) mass is 524 g/mol. The predicted octanol–water partition coefficient (Wildman–Crippen LogP) is 4.96. The number of benzene rings is 1. The van der Waals surface area contributed by atoms with Crippen LogP contribution < -0.4 is 4.90 Å². The average Bonchev–Trinajstić information content (AvgIpc) is 3.21. The van der Waals surface area contributed by atoms with Crippen LogP contribution in [0.1, 0.15) is 36.8 Å². The molecule has 2 atom stereocenters. The van der Waals surface area contributed by atoms with Gasteiger partial charge in [0, 0.05) is 56.3 Å². The maximum atomic E-state index is 13.5. The number of halogens is 4. The Bertz CT molecular complexity index is 1110. The molecule has 3 heterocycles. The Morgan fingerprint density at radius 3 is 2.31 bits per heavy atom. The number of carbonyl (C=O) groups is 2. The van der Waals surface area contributed by atoms with Crippen LogP contribution in [-0.2, 0) is 11.0 Å². The summed E-state index contributed by atoms with van der Waals surface area (Å²) in [5.74, 6) is -0.0552. The second-order valence-corrected chi connectivity index (χ2v) is 10.1. The summed E-state index contributed by atoms with van der Waals surface area (Å²) in [5, 5.41) is 10.3. The van der Waals surface area contributed by atoms with Crippen molar-refractivity contribution in [3.63, 3.8) is 0 Å². The highest BCUT2D eigenvalue weighted by atomic mass is 35.5. The van der Waals surface area contributed by atoms with Gasteiger partial charge >= 0.3 is 12.3 Å². The highest BCUT2D eigenvalue weighted by Crippen LogP contribution is 2.41. The van der Waals surface area contributed by atoms with Crippen molar-refractivity contribution < 1.29 is 27.9 Å². The molecule has 0 saturated carbocycles. The predicted molar refractivity (Wildman–Crippen MR) is 129 cm³/mol. The van der Waals surface area contributed by atoms with E-state index < -0.39 is 23.4 Å². The molecule has 2 fully saturated rings. The number of pyridine rings is 1. The van der Waals surface area contributed by atoms with E-state index in [4.69, 9.17) is 11.6 Å². The van der Waals surface area contributed by atoms with Crippen LogP contribution in [0.4, 0.5) is 23.8 Å². The molecule has 7 nitrogen and oxygen atoms in total. The molecule has 2 amide bonds. The van der Waals surface area contributed by atoms with E-state index in [9.17, 15) is 27.9 Å². The summed E-state index contributed by atoms with van der Waals surface area (Å²) in [7, 11) is 1.52. The van der Waals surface area contributed by atoms with Crippen molar-refractivity contribution in [1.82, 2.24) is 14.8 Å². The molecule has 0 radical (unpaired) electrons. The molecule has 194 valence electrons. The lowest BCUT2D eigenvalue weighted by molar-refractivity contribution is -0.138. The van der Waals surface area contributed by atoms with Crippen molar-refractivity contribution in [2.24, 2.45) is 5.92 Å². The van der Waals surface area contributed by atoms with Crippen LogP contribution in [0.15, 0.2) is 42.6 Å². The van der Waals surface area contributed by atoms with E-state index in [0.29, 0.717) is 43.3 Å². The van der Waals surface area contributed by atoms with Gasteiger partial charge in [0.15, 0.2) is 0 Å². The largest absolute Gasteiger partial charge is 0.465 e. The van der Waals surface area contributed by atoms with E-state index in [0.717, 1.165) is 17.8 Å². The first-order valence-corrected chi connectivity index (χ1v) is 12.1. The number of hydrogen-bond donors (Lipinski definition) is 1. The number of amides is 2. The lowest BCUT2D eigenvalue weighted by Gasteiger charge is -2.38. The maximum Gasteiger partial charge on any atom is 0.417 e. The van der Waals surface area contributed by atoms with Crippen molar-refractivity contribution in [2.75, 3.05) is 38.1 Å². The first kappa shape index (κ1) is 26.1. The zero-order valence-corrected chi connectivity index (χ0v) is 20.8. The Morgan fingerprint density at radius 2 is 1.78 bits per heavy atom. The van der Waals surface area contributed by atoms with Gasteiger partial charge in [0.25, 0.3) is 0 Å². The fourth-order valence-electron chi connectivity index (χ4n) is 5.22. The number of anilines is 1. The number of alkyl halides is 3. The van der Waals surface area contributed by atoms with Crippen LogP contribution in [0.5, 0.6) is 0 Å². The van der Waals surface area contributed by atoms with Crippen molar-refractivity contribution in [2.45, 2.75) is 37.4 Å². The lowest BCUT2D eigenvalue weighted by Crippen LogP contribution is -2.52. The van der Waals surface area contributed by atoms with Crippen LogP contribution in [0, 0.1) is 5.92 Å². The van der Waals surface area contributed by atoms with E-state index in [2.05, 4.69) is 4.98 Å². The van der Waals surface area contributed by atoms with E-state index in [1.165, 1.54) is 18.0 Å². The van der Waals surface area contributed by atoms with Gasteiger partial charge in [-0.3, -0.25) is 4.79 Å². The zero-order valence-electron chi connectivity index (χ0n) is 20.0. The Labute approximate surface area is 212 Å². The van der Waals surface area contributed by atoms with E-state index >= 15 is 0 Å². The molecule has 4 rings (SSSR count). The van der Waals surface area contributed by atoms with Gasteiger partial charge in [0.2, 0.25) is 5.91 Å². The van der Waals surface area contributed by atoms with Crippen molar-refractivity contribution in [3.8, 4) is 0 Å². The summed E-state index contributed by atoms with van der Waals surface area (Å²) >= 11 is 6.04. The molecule has 2 saturated heterocycles. The molecule has 0 spiro atoms. The van der Waals surface area contributed by atoms with E-state index in [1.807, 2.05) is 24.0 Å². The average molecular weight is 525 g/mol. The smallest absolute Gasteiger partial charge is 0.417 e. The number of hydrogen-bond acceptors (Lipinski definition) is 4. The van der Waals surface area contributed by atoms with Gasteiger partial charge in [-0.15, -0.1) is 0 Å². The minimum Gasteiger partial charge on any atom is -0.465 e. The van der Waals surface area contributed by atoms with Gasteiger partial charge in [-0.25, -0.2) is 9.78 Å². The van der Waals surface area contributed by atoms with E-state index in [1.54, 1.807) is 17.0 Å². The van der Waals surface area contributed by atoms with Crippen molar-refractivity contribution in [3.05, 3.63) is 58.7 Å². The molecule has 1 N–H and O–H groups in total. The molecule has 0 bridgehead atoms. The summed E-state index contributed by atoms with van der Waals surface area (Å²) in [6.45, 7) is 3.50. The number of rotatable bonds is 4. The van der Waals surface area contributed by atoms with Crippen LogP contribution in [-0.4, -0.2) is 70.7 Å². The molecule has 2 aliphatic heterocycles. The number of nitrogens with zero attached hydrogens (tertiary/aromatic N) is 4. The normalized spacial score (nSPS) is 23.1. The third kappa shape index (κ3) is 5.09. The Kier molecular flexibility index (Phi) is 7.10. The van der Waals surface area contributed by atoms with Crippen molar-refractivity contribution >= 4 is 29.4 Å². The SMILES string of the molecule is CN(C(=O)O)[C@@]1(C)CN(C(=O)C2CCN(c3ccc(C(F)(F)F)cn3)CC2)C[C@@H]1c1ccc(Cl)cc1. The molecule has 0 aliphatic carbocycles. The number of aromatic nitrogens is 1. The Hall–Kier alpha value is -3.01. The number of likely N-dealkylation sites (N-methyl/N-ethyl adjacent to an activating group) is 1. The van der Waals surface area contributed by atoms with Gasteiger partial charge in [-0.2, -0.15) is 13.2 Å². The number of piperidine rings is 1. The van der Waals surface area contributed by atoms with E-state index in [-0.39, 0.29) is 24.3 Å². The van der Waals surface area contributed by atoms with Gasteiger partial charge in [0.05, 0.1) is 11.1 Å². The van der Waals surface area contributed by atoms with Crippen LogP contribution >= 0.6 is 11.6 Å². The fraction of sp³-hybridized carbons (Fsp3) is 0.480. The summed E-state index contributed by atoms with van der Waals surface area (Å²) in [6.07, 6.45) is -3.60. The standard InChI is InChI=1S/C25H28ClF3N4O3/c1-24(31(2)23(35)36)15-33(14-20(24)16-3-6-19(26)7-4-16)22(34)17-9-11-32(12-10-17)21-8-5-18(13-30-21)25(27,28)29/h3-8,13,17,20H,9-12,14-15H2,1-2H3,(H,35,36)/t20-,24+/m1/s1. The molecule has 2 aromatic rings. The van der Waals surface area contributed by atoms with Gasteiger partial charge in [-0.05, 0) is 49.6 Å². The second kappa shape index (κ2) is 9.80. The zero-order chi connectivity index (χ0) is 26.3. The van der Waals surface area contributed by atoms with Crippen LogP contribution in [0.25, 0.3) is 0 Å². The van der Waals surface area contributed by atoms with Crippen molar-refractivity contribution in [1.29, 1.82) is 0 Å². The Balaban J connectivity index is 1.45. The second-order valence-electron chi connectivity index (χ2n) is 9.69. The van der Waals surface area contributed by atoms with Crippen LogP contribution in [0.3, 0.4) is 0 Å². The number of carboxylic acid groups (broad SMARTS) is 1. The molecule has 1 aromatic heterocycles. The summed E-state index contributed by atoms with van der Waals surface area (Å²) in [4.78, 5) is 34.2. The molecule has 2 aliphatic rings.